The summed E-state index contributed by atoms with van der Waals surface area (Å²) in [5.74, 6) is 0.851. The van der Waals surface area contributed by atoms with Gasteiger partial charge in [-0.05, 0) is 18.8 Å². The first-order valence-corrected chi connectivity index (χ1v) is 4.33. The molecule has 3 nitrogen and oxygen atoms in total. The van der Waals surface area contributed by atoms with Crippen LogP contribution in [0.15, 0.2) is 12.7 Å². The molecule has 1 saturated carbocycles. The highest BCUT2D eigenvalue weighted by Gasteiger charge is 2.07. The van der Waals surface area contributed by atoms with Gasteiger partial charge in [-0.1, -0.05) is 25.3 Å². The molecule has 3 N–H and O–H groups in total. The normalized spacial score (nSPS) is 17.6. The largest absolute Gasteiger partial charge is 0.631 e. The third-order valence-electron chi connectivity index (χ3n) is 1.98. The zero-order valence-electron chi connectivity index (χ0n) is 7.32. The number of rotatable bonds is 1. The Morgan fingerprint density at radius 1 is 1.08 bits per heavy atom. The lowest BCUT2D eigenvalue weighted by Crippen LogP contribution is -2.07. The molecule has 0 amide bonds. The summed E-state index contributed by atoms with van der Waals surface area (Å²) in [5, 5.41) is 21.5. The molecule has 0 radical (unpaired) electrons. The summed E-state index contributed by atoms with van der Waals surface area (Å²) in [6, 6.07) is 0. The van der Waals surface area contributed by atoms with Gasteiger partial charge in [-0.3, -0.25) is 0 Å². The van der Waals surface area contributed by atoms with Gasteiger partial charge in [0, 0.05) is 0 Å². The van der Waals surface area contributed by atoms with E-state index < -0.39 is 7.32 Å². The SMILES string of the molecule is C=CC1CCCCC1.OB(O)O. The number of hydrogen-bond acceptors (Lipinski definition) is 3. The average molecular weight is 172 g/mol. The van der Waals surface area contributed by atoms with Gasteiger partial charge >= 0.3 is 7.32 Å². The van der Waals surface area contributed by atoms with Crippen molar-refractivity contribution in [2.45, 2.75) is 32.1 Å². The minimum Gasteiger partial charge on any atom is -0.402 e. The van der Waals surface area contributed by atoms with Crippen LogP contribution in [0.5, 0.6) is 0 Å². The van der Waals surface area contributed by atoms with Gasteiger partial charge in [0.15, 0.2) is 0 Å². The zero-order valence-corrected chi connectivity index (χ0v) is 7.32. The lowest BCUT2D eigenvalue weighted by molar-refractivity contribution is 0.278. The molecule has 1 rings (SSSR count). The Labute approximate surface area is 73.9 Å². The standard InChI is InChI=1S/C8H14.BH3O3/c1-2-8-6-4-3-5-7-8;2-1(3)4/h2,8H,1,3-7H2;2-4H. The Bertz CT molecular complexity index is 108. The summed E-state index contributed by atoms with van der Waals surface area (Å²) in [7, 11) is -2.17. The lowest BCUT2D eigenvalue weighted by Gasteiger charge is -2.16. The maximum atomic E-state index is 7.17. The van der Waals surface area contributed by atoms with Crippen LogP contribution in [0.4, 0.5) is 0 Å². The van der Waals surface area contributed by atoms with Crippen molar-refractivity contribution in [3.63, 3.8) is 0 Å². The van der Waals surface area contributed by atoms with E-state index in [1.807, 2.05) is 0 Å². The molecule has 0 aromatic rings. The van der Waals surface area contributed by atoms with E-state index in [0.717, 1.165) is 5.92 Å². The van der Waals surface area contributed by atoms with Crippen molar-refractivity contribution in [1.29, 1.82) is 0 Å². The van der Waals surface area contributed by atoms with E-state index in [-0.39, 0.29) is 0 Å². The molecule has 70 valence electrons. The van der Waals surface area contributed by atoms with Crippen molar-refractivity contribution in [3.05, 3.63) is 12.7 Å². The molecule has 0 saturated heterocycles. The molecular weight excluding hydrogens is 155 g/mol. The van der Waals surface area contributed by atoms with Crippen molar-refractivity contribution in [2.75, 3.05) is 0 Å². The molecule has 12 heavy (non-hydrogen) atoms. The highest BCUT2D eigenvalue weighted by molar-refractivity contribution is 6.30. The minimum atomic E-state index is -2.17. The van der Waals surface area contributed by atoms with Gasteiger partial charge in [0.05, 0.1) is 0 Å². The molecule has 1 aliphatic carbocycles. The molecule has 1 aliphatic rings. The van der Waals surface area contributed by atoms with Crippen molar-refractivity contribution >= 4 is 7.32 Å². The second-order valence-corrected chi connectivity index (χ2v) is 2.98. The van der Waals surface area contributed by atoms with Crippen LogP contribution in [-0.2, 0) is 0 Å². The van der Waals surface area contributed by atoms with Gasteiger partial charge in [0.1, 0.15) is 0 Å². The predicted octanol–water partition coefficient (Wildman–Crippen LogP) is 0.701. The maximum absolute atomic E-state index is 7.17. The van der Waals surface area contributed by atoms with E-state index in [9.17, 15) is 0 Å². The Morgan fingerprint density at radius 3 is 1.75 bits per heavy atom. The molecule has 4 heteroatoms. The summed E-state index contributed by atoms with van der Waals surface area (Å²) >= 11 is 0. The average Bonchev–Trinajstić information content (AvgIpc) is 2.05. The Kier molecular flexibility index (Phi) is 7.15. The molecule has 0 unspecified atom stereocenters. The Hall–Kier alpha value is -0.315. The van der Waals surface area contributed by atoms with Gasteiger partial charge in [-0.2, -0.15) is 0 Å². The molecule has 0 bridgehead atoms. The van der Waals surface area contributed by atoms with Gasteiger partial charge in [0.25, 0.3) is 0 Å². The quantitative estimate of drug-likeness (QED) is 0.403. The molecule has 0 atom stereocenters. The molecule has 0 aromatic carbocycles. The molecule has 0 aromatic heterocycles. The lowest BCUT2D eigenvalue weighted by atomic mass is 9.90. The Morgan fingerprint density at radius 2 is 1.50 bits per heavy atom. The van der Waals surface area contributed by atoms with Gasteiger partial charge in [-0.15, -0.1) is 6.58 Å². The first-order valence-electron chi connectivity index (χ1n) is 4.33. The first-order chi connectivity index (χ1) is 5.66. The fourth-order valence-corrected chi connectivity index (χ4v) is 1.37. The van der Waals surface area contributed by atoms with E-state index >= 15 is 0 Å². The molecular formula is C8H17BO3. The zero-order chi connectivity index (χ0) is 9.40. The van der Waals surface area contributed by atoms with Crippen molar-refractivity contribution in [1.82, 2.24) is 0 Å². The predicted molar refractivity (Wildman–Crippen MR) is 49.2 cm³/mol. The second kappa shape index (κ2) is 7.34. The van der Waals surface area contributed by atoms with E-state index in [0.29, 0.717) is 0 Å². The minimum absolute atomic E-state index is 0.851. The van der Waals surface area contributed by atoms with Crippen LogP contribution >= 0.6 is 0 Å². The monoisotopic (exact) mass is 172 g/mol. The van der Waals surface area contributed by atoms with Crippen LogP contribution in [0.1, 0.15) is 32.1 Å². The summed E-state index contributed by atoms with van der Waals surface area (Å²) in [5.41, 5.74) is 0. The summed E-state index contributed by atoms with van der Waals surface area (Å²) in [6.45, 7) is 3.78. The van der Waals surface area contributed by atoms with Crippen LogP contribution in [0.3, 0.4) is 0 Å². The van der Waals surface area contributed by atoms with Gasteiger partial charge in [-0.25, -0.2) is 0 Å². The van der Waals surface area contributed by atoms with Gasteiger partial charge in [0.2, 0.25) is 0 Å². The molecule has 0 aliphatic heterocycles. The third kappa shape index (κ3) is 7.79. The van der Waals surface area contributed by atoms with Crippen LogP contribution < -0.4 is 0 Å². The van der Waals surface area contributed by atoms with Crippen molar-refractivity contribution in [2.24, 2.45) is 5.92 Å². The fraction of sp³-hybridized carbons (Fsp3) is 0.750. The summed E-state index contributed by atoms with van der Waals surface area (Å²) in [4.78, 5) is 0. The molecule has 1 fully saturated rings. The Balaban J connectivity index is 0.000000261. The van der Waals surface area contributed by atoms with E-state index in [2.05, 4.69) is 12.7 Å². The number of hydrogen-bond donors (Lipinski definition) is 3. The van der Waals surface area contributed by atoms with Crippen LogP contribution in [-0.4, -0.2) is 22.4 Å². The van der Waals surface area contributed by atoms with Gasteiger partial charge < -0.3 is 15.1 Å². The highest BCUT2D eigenvalue weighted by Crippen LogP contribution is 2.23. The van der Waals surface area contributed by atoms with Crippen molar-refractivity contribution < 1.29 is 15.1 Å². The fourth-order valence-electron chi connectivity index (χ4n) is 1.37. The second-order valence-electron chi connectivity index (χ2n) is 2.98. The van der Waals surface area contributed by atoms with Crippen molar-refractivity contribution in [3.8, 4) is 0 Å². The maximum Gasteiger partial charge on any atom is 0.631 e. The number of allylic oxidation sites excluding steroid dienone is 1. The molecule has 0 heterocycles. The first kappa shape index (κ1) is 11.7. The van der Waals surface area contributed by atoms with Crippen LogP contribution in [0, 0.1) is 5.92 Å². The topological polar surface area (TPSA) is 60.7 Å². The highest BCUT2D eigenvalue weighted by atomic mass is 16.5. The van der Waals surface area contributed by atoms with E-state index in [4.69, 9.17) is 15.1 Å². The summed E-state index contributed by atoms with van der Waals surface area (Å²) < 4.78 is 0. The van der Waals surface area contributed by atoms with Crippen LogP contribution in [0.2, 0.25) is 0 Å². The summed E-state index contributed by atoms with van der Waals surface area (Å²) in [6.07, 6.45) is 9.20. The molecule has 0 spiro atoms. The smallest absolute Gasteiger partial charge is 0.402 e. The van der Waals surface area contributed by atoms with E-state index in [1.54, 1.807) is 0 Å². The van der Waals surface area contributed by atoms with Crippen LogP contribution in [0.25, 0.3) is 0 Å². The third-order valence-corrected chi connectivity index (χ3v) is 1.98. The van der Waals surface area contributed by atoms with E-state index in [1.165, 1.54) is 32.1 Å².